The second-order valence-electron chi connectivity index (χ2n) is 6.90. The molecule has 2 aromatic carbocycles. The molecule has 152 valence electrons. The van der Waals surface area contributed by atoms with Gasteiger partial charge >= 0.3 is 0 Å². The SMILES string of the molecule is CCCCC1CN(c2ccc(F)cc2)c2cc(SC)c(O)cc2S(=O)(=O)N1C. The predicted molar refractivity (Wildman–Crippen MR) is 112 cm³/mol. The Morgan fingerprint density at radius 1 is 1.25 bits per heavy atom. The highest BCUT2D eigenvalue weighted by Crippen LogP contribution is 2.42. The first-order valence-corrected chi connectivity index (χ1v) is 11.9. The normalized spacial score (nSPS) is 19.3. The standard InChI is InChI=1S/C20H25FN2O3S2/c1-4-5-6-16-13-23(15-9-7-14(21)8-10-15)17-11-19(27-3)18(24)12-20(17)28(25,26)22(16)2/h7-12,16,24H,4-6,13H2,1-3H3. The molecule has 28 heavy (non-hydrogen) atoms. The summed E-state index contributed by atoms with van der Waals surface area (Å²) in [5.74, 6) is -0.407. The van der Waals surface area contributed by atoms with Gasteiger partial charge in [0.15, 0.2) is 0 Å². The molecule has 0 saturated heterocycles. The van der Waals surface area contributed by atoms with Gasteiger partial charge in [-0.05, 0) is 43.0 Å². The van der Waals surface area contributed by atoms with E-state index in [1.165, 1.54) is 34.3 Å². The molecule has 0 amide bonds. The van der Waals surface area contributed by atoms with Gasteiger partial charge < -0.3 is 10.0 Å². The first-order chi connectivity index (χ1) is 13.3. The number of fused-ring (bicyclic) bond motifs is 1. The van der Waals surface area contributed by atoms with Crippen molar-refractivity contribution >= 4 is 33.2 Å². The summed E-state index contributed by atoms with van der Waals surface area (Å²) in [6.07, 6.45) is 4.41. The maximum atomic E-state index is 13.5. The van der Waals surface area contributed by atoms with Gasteiger partial charge in [0.05, 0.1) is 10.6 Å². The summed E-state index contributed by atoms with van der Waals surface area (Å²) < 4.78 is 41.5. The van der Waals surface area contributed by atoms with Gasteiger partial charge in [-0.25, -0.2) is 12.8 Å². The molecule has 8 heteroatoms. The van der Waals surface area contributed by atoms with E-state index in [0.29, 0.717) is 22.8 Å². The number of aromatic hydroxyl groups is 1. The molecular formula is C20H25FN2O3S2. The highest BCUT2D eigenvalue weighted by Gasteiger charge is 2.37. The summed E-state index contributed by atoms with van der Waals surface area (Å²) in [6.45, 7) is 2.52. The summed E-state index contributed by atoms with van der Waals surface area (Å²) in [5, 5.41) is 10.3. The van der Waals surface area contributed by atoms with E-state index in [9.17, 15) is 17.9 Å². The summed E-state index contributed by atoms with van der Waals surface area (Å²) in [7, 11) is -2.19. The molecule has 1 N–H and O–H groups in total. The molecular weight excluding hydrogens is 399 g/mol. The number of phenols is 1. The van der Waals surface area contributed by atoms with Gasteiger partial charge in [0.25, 0.3) is 0 Å². The van der Waals surface area contributed by atoms with Crippen LogP contribution in [0.2, 0.25) is 0 Å². The molecule has 0 spiro atoms. The van der Waals surface area contributed by atoms with Gasteiger partial charge in [-0.2, -0.15) is 4.31 Å². The average molecular weight is 425 g/mol. The molecule has 0 aromatic heterocycles. The van der Waals surface area contributed by atoms with E-state index in [-0.39, 0.29) is 22.5 Å². The van der Waals surface area contributed by atoms with Crippen LogP contribution in [-0.4, -0.2) is 43.7 Å². The number of rotatable bonds is 5. The minimum atomic E-state index is -3.79. The zero-order chi connectivity index (χ0) is 20.5. The fourth-order valence-electron chi connectivity index (χ4n) is 3.47. The van der Waals surface area contributed by atoms with Crippen molar-refractivity contribution in [3.8, 4) is 5.75 Å². The van der Waals surface area contributed by atoms with Crippen LogP contribution in [0.3, 0.4) is 0 Å². The Morgan fingerprint density at radius 3 is 2.54 bits per heavy atom. The van der Waals surface area contributed by atoms with Crippen molar-refractivity contribution in [3.05, 3.63) is 42.2 Å². The molecule has 2 aromatic rings. The minimum absolute atomic E-state index is 0.0608. The number of halogens is 1. The maximum absolute atomic E-state index is 13.5. The first kappa shape index (κ1) is 21.0. The Kier molecular flexibility index (Phi) is 6.21. The zero-order valence-corrected chi connectivity index (χ0v) is 17.9. The van der Waals surface area contributed by atoms with Crippen LogP contribution in [0.1, 0.15) is 26.2 Å². The number of benzene rings is 2. The highest BCUT2D eigenvalue weighted by atomic mass is 32.2. The molecule has 1 atom stereocenters. The molecule has 1 aliphatic rings. The lowest BCUT2D eigenvalue weighted by molar-refractivity contribution is 0.351. The van der Waals surface area contributed by atoms with Gasteiger partial charge in [-0.1, -0.05) is 19.8 Å². The van der Waals surface area contributed by atoms with Crippen LogP contribution in [0.5, 0.6) is 5.75 Å². The zero-order valence-electron chi connectivity index (χ0n) is 16.2. The number of hydrogen-bond acceptors (Lipinski definition) is 5. The lowest BCUT2D eigenvalue weighted by Gasteiger charge is -2.29. The van der Waals surface area contributed by atoms with E-state index in [1.54, 1.807) is 25.2 Å². The van der Waals surface area contributed by atoms with Crippen LogP contribution in [0.15, 0.2) is 46.2 Å². The van der Waals surface area contributed by atoms with Gasteiger partial charge in [0.1, 0.15) is 16.5 Å². The Balaban J connectivity index is 2.23. The van der Waals surface area contributed by atoms with Gasteiger partial charge in [0, 0.05) is 31.4 Å². The van der Waals surface area contributed by atoms with E-state index in [1.807, 2.05) is 11.2 Å². The van der Waals surface area contributed by atoms with E-state index < -0.39 is 10.0 Å². The van der Waals surface area contributed by atoms with E-state index in [0.717, 1.165) is 19.3 Å². The number of likely N-dealkylation sites (N-methyl/N-ethyl adjacent to an activating group) is 1. The van der Waals surface area contributed by atoms with Crippen molar-refractivity contribution in [2.24, 2.45) is 0 Å². The molecule has 0 bridgehead atoms. The number of anilines is 2. The minimum Gasteiger partial charge on any atom is -0.507 e. The van der Waals surface area contributed by atoms with Crippen LogP contribution in [0, 0.1) is 5.82 Å². The summed E-state index contributed by atoms with van der Waals surface area (Å²) in [4.78, 5) is 2.57. The molecule has 0 aliphatic carbocycles. The first-order valence-electron chi connectivity index (χ1n) is 9.21. The molecule has 3 rings (SSSR count). The van der Waals surface area contributed by atoms with Crippen LogP contribution in [-0.2, 0) is 10.0 Å². The summed E-state index contributed by atoms with van der Waals surface area (Å²) in [6, 6.07) is 8.84. The molecule has 5 nitrogen and oxygen atoms in total. The molecule has 1 aliphatic heterocycles. The number of thioether (sulfide) groups is 1. The Labute approximate surface area is 170 Å². The topological polar surface area (TPSA) is 60.9 Å². The molecule has 1 unspecified atom stereocenters. The van der Waals surface area contributed by atoms with Gasteiger partial charge in [0.2, 0.25) is 10.0 Å². The lowest BCUT2D eigenvalue weighted by atomic mass is 10.1. The van der Waals surface area contributed by atoms with Crippen molar-refractivity contribution in [1.82, 2.24) is 4.31 Å². The fraction of sp³-hybridized carbons (Fsp3) is 0.400. The monoisotopic (exact) mass is 424 g/mol. The molecule has 0 saturated carbocycles. The maximum Gasteiger partial charge on any atom is 0.245 e. The van der Waals surface area contributed by atoms with Crippen molar-refractivity contribution in [1.29, 1.82) is 0 Å². The van der Waals surface area contributed by atoms with Crippen molar-refractivity contribution in [2.75, 3.05) is 24.7 Å². The number of nitrogens with zero attached hydrogens (tertiary/aromatic N) is 2. The average Bonchev–Trinajstić information content (AvgIpc) is 2.75. The van der Waals surface area contributed by atoms with Gasteiger partial charge in [-0.3, -0.25) is 0 Å². The summed E-state index contributed by atoms with van der Waals surface area (Å²) in [5.41, 5.74) is 1.21. The molecule has 1 heterocycles. The van der Waals surface area contributed by atoms with Crippen LogP contribution in [0.25, 0.3) is 0 Å². The van der Waals surface area contributed by atoms with E-state index in [4.69, 9.17) is 0 Å². The Morgan fingerprint density at radius 2 is 1.93 bits per heavy atom. The molecule has 0 radical (unpaired) electrons. The smallest absolute Gasteiger partial charge is 0.245 e. The van der Waals surface area contributed by atoms with E-state index in [2.05, 4.69) is 6.92 Å². The second-order valence-corrected chi connectivity index (χ2v) is 9.71. The third kappa shape index (κ3) is 3.86. The number of unbranched alkanes of at least 4 members (excludes halogenated alkanes) is 1. The van der Waals surface area contributed by atoms with Crippen LogP contribution >= 0.6 is 11.8 Å². The second kappa shape index (κ2) is 8.31. The van der Waals surface area contributed by atoms with Gasteiger partial charge in [-0.15, -0.1) is 11.8 Å². The predicted octanol–water partition coefficient (Wildman–Crippen LogP) is 4.58. The Bertz CT molecular complexity index is 949. The fourth-order valence-corrected chi connectivity index (χ4v) is 5.54. The third-order valence-corrected chi connectivity index (χ3v) is 7.85. The Hall–Kier alpha value is -1.77. The summed E-state index contributed by atoms with van der Waals surface area (Å²) >= 11 is 1.35. The largest absolute Gasteiger partial charge is 0.507 e. The van der Waals surface area contributed by atoms with E-state index >= 15 is 0 Å². The lowest BCUT2D eigenvalue weighted by Crippen LogP contribution is -2.40. The number of hydrogen-bond donors (Lipinski definition) is 1. The quantitative estimate of drug-likeness (QED) is 0.712. The number of sulfonamides is 1. The van der Waals surface area contributed by atoms with Crippen LogP contribution in [0.4, 0.5) is 15.8 Å². The van der Waals surface area contributed by atoms with Crippen molar-refractivity contribution in [2.45, 2.75) is 42.0 Å². The number of phenolic OH excluding ortho intramolecular Hbond substituents is 1. The van der Waals surface area contributed by atoms with Crippen molar-refractivity contribution in [3.63, 3.8) is 0 Å². The van der Waals surface area contributed by atoms with Crippen molar-refractivity contribution < 1.29 is 17.9 Å². The molecule has 0 fully saturated rings. The third-order valence-electron chi connectivity index (χ3n) is 5.15. The highest BCUT2D eigenvalue weighted by molar-refractivity contribution is 7.98. The van der Waals surface area contributed by atoms with Crippen LogP contribution < -0.4 is 4.90 Å².